The van der Waals surface area contributed by atoms with Crippen LogP contribution in [-0.4, -0.2) is 11.1 Å². The Bertz CT molecular complexity index is 518. The largest absolute Gasteiger partial charge is 0.508 e. The molecule has 0 aliphatic carbocycles. The maximum atomic E-state index is 9.26. The molecule has 0 spiro atoms. The molecule has 0 bridgehead atoms. The number of aryl methyl sites for hydroxylation is 2. The van der Waals surface area contributed by atoms with Gasteiger partial charge in [-0.15, -0.1) is 11.3 Å². The first-order valence-electron chi connectivity index (χ1n) is 7.26. The van der Waals surface area contributed by atoms with Gasteiger partial charge in [0, 0.05) is 22.3 Å². The van der Waals surface area contributed by atoms with Crippen molar-refractivity contribution in [3.05, 3.63) is 51.7 Å². The Labute approximate surface area is 125 Å². The number of phenols is 1. The molecule has 1 atom stereocenters. The van der Waals surface area contributed by atoms with Crippen molar-refractivity contribution < 1.29 is 5.11 Å². The molecule has 1 heterocycles. The van der Waals surface area contributed by atoms with Crippen molar-refractivity contribution in [2.45, 2.75) is 45.7 Å². The van der Waals surface area contributed by atoms with Crippen molar-refractivity contribution in [3.63, 3.8) is 0 Å². The molecule has 2 rings (SSSR count). The molecule has 0 saturated carbocycles. The van der Waals surface area contributed by atoms with E-state index >= 15 is 0 Å². The van der Waals surface area contributed by atoms with Crippen LogP contribution in [0.4, 0.5) is 0 Å². The molecule has 0 saturated heterocycles. The van der Waals surface area contributed by atoms with Crippen molar-refractivity contribution in [1.82, 2.24) is 5.32 Å². The van der Waals surface area contributed by atoms with Crippen LogP contribution in [0, 0.1) is 0 Å². The Morgan fingerprint density at radius 3 is 2.45 bits per heavy atom. The van der Waals surface area contributed by atoms with E-state index in [-0.39, 0.29) is 0 Å². The van der Waals surface area contributed by atoms with Gasteiger partial charge in [-0.05, 0) is 56.0 Å². The van der Waals surface area contributed by atoms with E-state index in [1.54, 1.807) is 12.1 Å². The zero-order chi connectivity index (χ0) is 14.4. The number of aromatic hydroxyl groups is 1. The summed E-state index contributed by atoms with van der Waals surface area (Å²) in [4.78, 5) is 2.87. The topological polar surface area (TPSA) is 32.3 Å². The number of benzene rings is 1. The highest BCUT2D eigenvalue weighted by Gasteiger charge is 2.04. The van der Waals surface area contributed by atoms with E-state index in [0.717, 1.165) is 25.8 Å². The molecule has 1 unspecified atom stereocenters. The Hall–Kier alpha value is -1.32. The van der Waals surface area contributed by atoms with Gasteiger partial charge in [-0.25, -0.2) is 0 Å². The molecule has 2 aromatic rings. The third kappa shape index (κ3) is 4.66. The van der Waals surface area contributed by atoms with Gasteiger partial charge < -0.3 is 10.4 Å². The lowest BCUT2D eigenvalue weighted by molar-refractivity contribution is 0.474. The lowest BCUT2D eigenvalue weighted by atomic mass is 10.1. The van der Waals surface area contributed by atoms with Gasteiger partial charge in [0.1, 0.15) is 5.75 Å². The van der Waals surface area contributed by atoms with Crippen LogP contribution in [0.5, 0.6) is 5.75 Å². The highest BCUT2D eigenvalue weighted by atomic mass is 32.1. The molecule has 0 aliphatic rings. The quantitative estimate of drug-likeness (QED) is 0.803. The summed E-state index contributed by atoms with van der Waals surface area (Å²) in [5, 5.41) is 12.8. The predicted molar refractivity (Wildman–Crippen MR) is 86.4 cm³/mol. The molecule has 2 N–H and O–H groups in total. The molecule has 1 aromatic heterocycles. The zero-order valence-corrected chi connectivity index (χ0v) is 13.0. The van der Waals surface area contributed by atoms with Gasteiger partial charge in [0.15, 0.2) is 0 Å². The maximum Gasteiger partial charge on any atom is 0.115 e. The molecule has 1 aromatic carbocycles. The number of phenolic OH excluding ortho intramolecular Hbond substituents is 1. The van der Waals surface area contributed by atoms with Gasteiger partial charge in [-0.1, -0.05) is 19.1 Å². The fourth-order valence-corrected chi connectivity index (χ4v) is 3.04. The average Bonchev–Trinajstić information content (AvgIpc) is 2.92. The van der Waals surface area contributed by atoms with E-state index in [9.17, 15) is 5.11 Å². The lowest BCUT2D eigenvalue weighted by Crippen LogP contribution is -2.25. The molecule has 0 radical (unpaired) electrons. The van der Waals surface area contributed by atoms with Crippen LogP contribution >= 0.6 is 11.3 Å². The van der Waals surface area contributed by atoms with E-state index in [2.05, 4.69) is 31.3 Å². The van der Waals surface area contributed by atoms with Crippen molar-refractivity contribution in [1.29, 1.82) is 0 Å². The normalized spacial score (nSPS) is 12.5. The van der Waals surface area contributed by atoms with Crippen LogP contribution in [0.25, 0.3) is 0 Å². The summed E-state index contributed by atoms with van der Waals surface area (Å²) in [7, 11) is 0. The van der Waals surface area contributed by atoms with Crippen molar-refractivity contribution in [2.75, 3.05) is 0 Å². The van der Waals surface area contributed by atoms with E-state index in [0.29, 0.717) is 11.8 Å². The van der Waals surface area contributed by atoms with Crippen LogP contribution in [0.15, 0.2) is 36.4 Å². The minimum atomic E-state index is 0.337. The minimum Gasteiger partial charge on any atom is -0.508 e. The fraction of sp³-hybridized carbons (Fsp3) is 0.412. The van der Waals surface area contributed by atoms with Crippen LogP contribution < -0.4 is 5.32 Å². The van der Waals surface area contributed by atoms with E-state index in [1.165, 1.54) is 15.3 Å². The summed E-state index contributed by atoms with van der Waals surface area (Å²) in [5.74, 6) is 0.337. The summed E-state index contributed by atoms with van der Waals surface area (Å²) in [6.45, 7) is 5.39. The molecule has 2 nitrogen and oxygen atoms in total. The number of hydrogen-bond donors (Lipinski definition) is 2. The van der Waals surface area contributed by atoms with Crippen molar-refractivity contribution >= 4 is 11.3 Å². The van der Waals surface area contributed by atoms with Crippen molar-refractivity contribution in [3.8, 4) is 5.75 Å². The second-order valence-electron chi connectivity index (χ2n) is 5.21. The standard InChI is InChI=1S/C17H23NOS/c1-3-16-10-11-17(20-16)12-18-13(2)4-5-14-6-8-15(19)9-7-14/h6-11,13,18-19H,3-5,12H2,1-2H3. The fourth-order valence-electron chi connectivity index (χ4n) is 2.13. The SMILES string of the molecule is CCc1ccc(CNC(C)CCc2ccc(O)cc2)s1. The summed E-state index contributed by atoms with van der Waals surface area (Å²) in [6.07, 6.45) is 3.27. The van der Waals surface area contributed by atoms with Gasteiger partial charge >= 0.3 is 0 Å². The Morgan fingerprint density at radius 1 is 1.10 bits per heavy atom. The summed E-state index contributed by atoms with van der Waals surface area (Å²) < 4.78 is 0. The Balaban J connectivity index is 1.72. The van der Waals surface area contributed by atoms with Gasteiger partial charge in [-0.2, -0.15) is 0 Å². The third-order valence-corrected chi connectivity index (χ3v) is 4.72. The predicted octanol–water partition coefficient (Wildman–Crippen LogP) is 4.13. The summed E-state index contributed by atoms with van der Waals surface area (Å²) in [6, 6.07) is 12.4. The van der Waals surface area contributed by atoms with Gasteiger partial charge in [0.25, 0.3) is 0 Å². The Kier molecular flexibility index (Phi) is 5.62. The highest BCUT2D eigenvalue weighted by Crippen LogP contribution is 2.17. The van der Waals surface area contributed by atoms with Crippen LogP contribution in [-0.2, 0) is 19.4 Å². The van der Waals surface area contributed by atoms with Gasteiger partial charge in [-0.3, -0.25) is 0 Å². The molecule has 20 heavy (non-hydrogen) atoms. The first-order chi connectivity index (χ1) is 9.67. The second kappa shape index (κ2) is 7.46. The van der Waals surface area contributed by atoms with Gasteiger partial charge in [0.2, 0.25) is 0 Å². The first kappa shape index (κ1) is 15.1. The minimum absolute atomic E-state index is 0.337. The molecule has 3 heteroatoms. The lowest BCUT2D eigenvalue weighted by Gasteiger charge is -2.13. The summed E-state index contributed by atoms with van der Waals surface area (Å²) >= 11 is 1.90. The highest BCUT2D eigenvalue weighted by molar-refractivity contribution is 7.11. The van der Waals surface area contributed by atoms with E-state index < -0.39 is 0 Å². The van der Waals surface area contributed by atoms with Crippen molar-refractivity contribution in [2.24, 2.45) is 0 Å². The molecule has 0 amide bonds. The molecule has 108 valence electrons. The monoisotopic (exact) mass is 289 g/mol. The van der Waals surface area contributed by atoms with Crippen LogP contribution in [0.3, 0.4) is 0 Å². The molecule has 0 fully saturated rings. The first-order valence-corrected chi connectivity index (χ1v) is 8.08. The Morgan fingerprint density at radius 2 is 1.80 bits per heavy atom. The molecular formula is C17H23NOS. The zero-order valence-electron chi connectivity index (χ0n) is 12.2. The number of thiophene rings is 1. The smallest absolute Gasteiger partial charge is 0.115 e. The number of nitrogens with one attached hydrogen (secondary N) is 1. The molecule has 0 aliphatic heterocycles. The second-order valence-corrected chi connectivity index (χ2v) is 6.46. The van der Waals surface area contributed by atoms with E-state index in [4.69, 9.17) is 0 Å². The van der Waals surface area contributed by atoms with Crippen LogP contribution in [0.2, 0.25) is 0 Å². The molecular weight excluding hydrogens is 266 g/mol. The summed E-state index contributed by atoms with van der Waals surface area (Å²) in [5.41, 5.74) is 1.28. The van der Waals surface area contributed by atoms with E-state index in [1.807, 2.05) is 23.5 Å². The van der Waals surface area contributed by atoms with Crippen LogP contribution in [0.1, 0.15) is 35.6 Å². The number of rotatable bonds is 7. The third-order valence-electron chi connectivity index (χ3n) is 3.49. The van der Waals surface area contributed by atoms with Gasteiger partial charge in [0.05, 0.1) is 0 Å². The maximum absolute atomic E-state index is 9.26. The average molecular weight is 289 g/mol. The number of hydrogen-bond acceptors (Lipinski definition) is 3.